The van der Waals surface area contributed by atoms with Gasteiger partial charge >= 0.3 is 0 Å². The average Bonchev–Trinajstić information content (AvgIpc) is 3.16. The number of rotatable bonds is 8. The molecule has 2 nitrogen and oxygen atoms in total. The highest BCUT2D eigenvalue weighted by Gasteiger charge is 2.21. The van der Waals surface area contributed by atoms with Crippen molar-refractivity contribution < 1.29 is 0 Å². The maximum absolute atomic E-state index is 2.62. The third-order valence-electron chi connectivity index (χ3n) is 6.15. The molecule has 2 heteroatoms. The predicted octanol–water partition coefficient (Wildman–Crippen LogP) is 6.15. The summed E-state index contributed by atoms with van der Waals surface area (Å²) in [6.07, 6.45) is 16.1. The molecular weight excluding hydrogens is 328 g/mol. The van der Waals surface area contributed by atoms with Crippen LogP contribution >= 0.6 is 0 Å². The zero-order valence-corrected chi connectivity index (χ0v) is 17.7. The van der Waals surface area contributed by atoms with Gasteiger partial charge in [0.1, 0.15) is 0 Å². The van der Waals surface area contributed by atoms with Crippen LogP contribution in [0.2, 0.25) is 0 Å². The zero-order valence-electron chi connectivity index (χ0n) is 17.7. The van der Waals surface area contributed by atoms with Gasteiger partial charge in [0.05, 0.1) is 0 Å². The van der Waals surface area contributed by atoms with Crippen LogP contribution in [0.25, 0.3) is 6.08 Å². The van der Waals surface area contributed by atoms with E-state index in [9.17, 15) is 0 Å². The second kappa shape index (κ2) is 9.59. The Morgan fingerprint density at radius 1 is 1.04 bits per heavy atom. The van der Waals surface area contributed by atoms with E-state index in [4.69, 9.17) is 0 Å². The number of benzene rings is 1. The van der Waals surface area contributed by atoms with Gasteiger partial charge in [0, 0.05) is 19.3 Å². The zero-order chi connectivity index (χ0) is 19.1. The van der Waals surface area contributed by atoms with Crippen LogP contribution < -0.4 is 4.90 Å². The summed E-state index contributed by atoms with van der Waals surface area (Å²) in [7, 11) is 2.22. The molecule has 27 heavy (non-hydrogen) atoms. The van der Waals surface area contributed by atoms with Crippen LogP contribution in [0.15, 0.2) is 42.0 Å². The van der Waals surface area contributed by atoms with Crippen molar-refractivity contribution in [1.29, 1.82) is 0 Å². The number of nitrogens with zero attached hydrogens (tertiary/aromatic N) is 2. The van der Waals surface area contributed by atoms with E-state index in [2.05, 4.69) is 73.2 Å². The summed E-state index contributed by atoms with van der Waals surface area (Å²) in [4.78, 5) is 5.01. The van der Waals surface area contributed by atoms with E-state index in [0.717, 1.165) is 6.54 Å². The molecule has 0 unspecified atom stereocenters. The predicted molar refractivity (Wildman–Crippen MR) is 119 cm³/mol. The summed E-state index contributed by atoms with van der Waals surface area (Å²) in [6.45, 7) is 9.82. The lowest BCUT2D eigenvalue weighted by molar-refractivity contribution is 0.324. The first kappa shape index (κ1) is 20.2. The van der Waals surface area contributed by atoms with Crippen LogP contribution in [0, 0.1) is 5.41 Å². The van der Waals surface area contributed by atoms with E-state index in [1.165, 1.54) is 81.4 Å². The first-order valence-electron chi connectivity index (χ1n) is 10.9. The van der Waals surface area contributed by atoms with Crippen LogP contribution in [0.4, 0.5) is 5.69 Å². The first-order valence-corrected chi connectivity index (χ1v) is 10.9. The highest BCUT2D eigenvalue weighted by molar-refractivity contribution is 5.57. The van der Waals surface area contributed by atoms with Crippen LogP contribution in [0.3, 0.4) is 0 Å². The number of unbranched alkanes of at least 4 members (excludes halogenated alkanes) is 1. The van der Waals surface area contributed by atoms with E-state index in [0.29, 0.717) is 5.41 Å². The fraction of sp³-hybridized carbons (Fsp3) is 0.600. The Morgan fingerprint density at radius 2 is 1.78 bits per heavy atom. The monoisotopic (exact) mass is 366 g/mol. The fourth-order valence-electron chi connectivity index (χ4n) is 4.35. The number of likely N-dealkylation sites (tertiary alicyclic amines) is 1. The van der Waals surface area contributed by atoms with E-state index >= 15 is 0 Å². The Balaban J connectivity index is 1.43. The molecule has 3 rings (SSSR count). The van der Waals surface area contributed by atoms with Crippen molar-refractivity contribution >= 4 is 11.8 Å². The second-order valence-electron chi connectivity index (χ2n) is 9.26. The quantitative estimate of drug-likeness (QED) is 0.509. The number of allylic oxidation sites excluding steroid dienone is 3. The maximum atomic E-state index is 2.62. The molecule has 0 bridgehead atoms. The Morgan fingerprint density at radius 3 is 2.48 bits per heavy atom. The Hall–Kier alpha value is -1.54. The minimum Gasteiger partial charge on any atom is -0.375 e. The lowest BCUT2D eigenvalue weighted by Crippen LogP contribution is -2.23. The molecule has 1 aliphatic heterocycles. The van der Waals surface area contributed by atoms with Crippen molar-refractivity contribution in [3.8, 4) is 0 Å². The molecule has 1 saturated heterocycles. The van der Waals surface area contributed by atoms with Crippen molar-refractivity contribution in [3.05, 3.63) is 47.6 Å². The third-order valence-corrected chi connectivity index (χ3v) is 6.15. The molecule has 0 saturated carbocycles. The molecule has 1 fully saturated rings. The van der Waals surface area contributed by atoms with Gasteiger partial charge < -0.3 is 9.80 Å². The molecule has 2 aliphatic rings. The molecule has 1 aliphatic carbocycles. The molecule has 1 aromatic rings. The van der Waals surface area contributed by atoms with Crippen LogP contribution in [0.5, 0.6) is 0 Å². The van der Waals surface area contributed by atoms with Gasteiger partial charge in [0.15, 0.2) is 0 Å². The van der Waals surface area contributed by atoms with E-state index in [-0.39, 0.29) is 0 Å². The second-order valence-corrected chi connectivity index (χ2v) is 9.26. The van der Waals surface area contributed by atoms with Gasteiger partial charge in [-0.2, -0.15) is 0 Å². The van der Waals surface area contributed by atoms with Crippen molar-refractivity contribution in [1.82, 2.24) is 4.90 Å². The van der Waals surface area contributed by atoms with Gasteiger partial charge in [-0.1, -0.05) is 49.8 Å². The summed E-state index contributed by atoms with van der Waals surface area (Å²) < 4.78 is 0. The largest absolute Gasteiger partial charge is 0.375 e. The smallest absolute Gasteiger partial charge is 0.0364 e. The summed E-state index contributed by atoms with van der Waals surface area (Å²) in [5.74, 6) is 0. The SMILES string of the molecule is CN(CCCCN1CCCC1)c1ccc(C=CC2=CCCC(C)(C)C2)cc1. The summed E-state index contributed by atoms with van der Waals surface area (Å²) in [5, 5.41) is 0. The average molecular weight is 367 g/mol. The highest BCUT2D eigenvalue weighted by atomic mass is 15.1. The van der Waals surface area contributed by atoms with E-state index in [1.807, 2.05) is 0 Å². The summed E-state index contributed by atoms with van der Waals surface area (Å²) in [6, 6.07) is 9.03. The molecule has 1 aromatic carbocycles. The normalized spacial score (nSPS) is 20.2. The van der Waals surface area contributed by atoms with Gasteiger partial charge in [-0.05, 0) is 87.7 Å². The first-order chi connectivity index (χ1) is 13.0. The summed E-state index contributed by atoms with van der Waals surface area (Å²) >= 11 is 0. The molecule has 0 spiro atoms. The van der Waals surface area contributed by atoms with Crippen molar-refractivity contribution in [3.63, 3.8) is 0 Å². The molecule has 0 aromatic heterocycles. The standard InChI is InChI=1S/C25H38N2/c1-25(2)16-8-9-23(21-25)11-10-22-12-14-24(15-13-22)26(3)17-4-5-18-27-19-6-7-20-27/h9-15H,4-8,16-21H2,1-3H3. The molecule has 0 N–H and O–H groups in total. The minimum atomic E-state index is 0.454. The number of hydrogen-bond acceptors (Lipinski definition) is 2. The van der Waals surface area contributed by atoms with Gasteiger partial charge in [-0.3, -0.25) is 0 Å². The number of hydrogen-bond donors (Lipinski definition) is 0. The van der Waals surface area contributed by atoms with E-state index < -0.39 is 0 Å². The maximum Gasteiger partial charge on any atom is 0.0364 e. The molecule has 0 atom stereocenters. The summed E-state index contributed by atoms with van der Waals surface area (Å²) in [5.41, 5.74) is 4.57. The third kappa shape index (κ3) is 6.53. The van der Waals surface area contributed by atoms with Crippen molar-refractivity contribution in [2.24, 2.45) is 5.41 Å². The minimum absolute atomic E-state index is 0.454. The van der Waals surface area contributed by atoms with Gasteiger partial charge in [0.25, 0.3) is 0 Å². The number of anilines is 1. The Kier molecular flexibility index (Phi) is 7.18. The molecule has 148 valence electrons. The van der Waals surface area contributed by atoms with Gasteiger partial charge in [-0.25, -0.2) is 0 Å². The molecule has 1 heterocycles. The fourth-order valence-corrected chi connectivity index (χ4v) is 4.35. The lowest BCUT2D eigenvalue weighted by atomic mass is 9.77. The van der Waals surface area contributed by atoms with Crippen molar-refractivity contribution in [2.75, 3.05) is 38.1 Å². The van der Waals surface area contributed by atoms with Gasteiger partial charge in [0.2, 0.25) is 0 Å². The molecular formula is C25H38N2. The van der Waals surface area contributed by atoms with E-state index in [1.54, 1.807) is 0 Å². The lowest BCUT2D eigenvalue weighted by Gasteiger charge is -2.28. The van der Waals surface area contributed by atoms with Crippen LogP contribution in [-0.4, -0.2) is 38.1 Å². The Labute approximate surface area is 166 Å². The highest BCUT2D eigenvalue weighted by Crippen LogP contribution is 2.35. The Bertz CT molecular complexity index is 633. The molecule has 0 radical (unpaired) electrons. The topological polar surface area (TPSA) is 6.48 Å². The van der Waals surface area contributed by atoms with Crippen LogP contribution in [0.1, 0.15) is 64.4 Å². The van der Waals surface area contributed by atoms with Crippen LogP contribution in [-0.2, 0) is 0 Å². The molecule has 0 amide bonds. The van der Waals surface area contributed by atoms with Crippen molar-refractivity contribution in [2.45, 2.75) is 58.8 Å². The van der Waals surface area contributed by atoms with Gasteiger partial charge in [-0.15, -0.1) is 0 Å².